The zero-order valence-corrected chi connectivity index (χ0v) is 9.62. The first-order chi connectivity index (χ1) is 7.17. The molecule has 0 aromatic carbocycles. The molecule has 1 aliphatic carbocycles. The summed E-state index contributed by atoms with van der Waals surface area (Å²) in [7, 11) is 0. The maximum absolute atomic E-state index is 11.8. The zero-order chi connectivity index (χ0) is 10.9. The molecule has 2 rings (SSSR count). The van der Waals surface area contributed by atoms with Crippen molar-refractivity contribution in [1.29, 1.82) is 0 Å². The molecule has 0 saturated heterocycles. The van der Waals surface area contributed by atoms with E-state index in [4.69, 9.17) is 0 Å². The molecule has 1 aromatic heterocycles. The number of nitrogens with one attached hydrogen (secondary N) is 1. The monoisotopic (exact) mass is 270 g/mol. The number of halogens is 1. The molecule has 1 aliphatic rings. The third-order valence-corrected chi connectivity index (χ3v) is 3.61. The van der Waals surface area contributed by atoms with Crippen LogP contribution in [0.4, 0.5) is 0 Å². The van der Waals surface area contributed by atoms with Crippen LogP contribution in [-0.4, -0.2) is 26.9 Å². The molecule has 2 N–H and O–H groups in total. The maximum Gasteiger partial charge on any atom is 0.255 e. The molecule has 15 heavy (non-hydrogen) atoms. The molecule has 4 nitrogen and oxygen atoms in total. The SMILES string of the molecule is O=C(NC1(CBr)CC1)c1ccncc1O. The highest BCUT2D eigenvalue weighted by molar-refractivity contribution is 9.09. The van der Waals surface area contributed by atoms with E-state index in [-0.39, 0.29) is 22.8 Å². The summed E-state index contributed by atoms with van der Waals surface area (Å²) in [5.41, 5.74) is 0.171. The van der Waals surface area contributed by atoms with Gasteiger partial charge in [-0.2, -0.15) is 0 Å². The lowest BCUT2D eigenvalue weighted by Crippen LogP contribution is -2.38. The van der Waals surface area contributed by atoms with E-state index >= 15 is 0 Å². The summed E-state index contributed by atoms with van der Waals surface area (Å²) < 4.78 is 0. The van der Waals surface area contributed by atoms with E-state index in [0.717, 1.165) is 18.2 Å². The van der Waals surface area contributed by atoms with E-state index in [1.807, 2.05) is 0 Å². The molecular weight excluding hydrogens is 260 g/mol. The molecule has 5 heteroatoms. The Kier molecular flexibility index (Phi) is 2.65. The highest BCUT2D eigenvalue weighted by atomic mass is 79.9. The van der Waals surface area contributed by atoms with Gasteiger partial charge in [-0.1, -0.05) is 15.9 Å². The van der Waals surface area contributed by atoms with Crippen molar-refractivity contribution in [3.05, 3.63) is 24.0 Å². The highest BCUT2D eigenvalue weighted by Crippen LogP contribution is 2.37. The molecule has 80 valence electrons. The average Bonchev–Trinajstić information content (AvgIpc) is 2.99. The first-order valence-corrected chi connectivity index (χ1v) is 5.80. The van der Waals surface area contributed by atoms with Crippen LogP contribution in [-0.2, 0) is 0 Å². The molecule has 0 radical (unpaired) electrons. The van der Waals surface area contributed by atoms with Crippen LogP contribution in [0.1, 0.15) is 23.2 Å². The second-order valence-electron chi connectivity index (χ2n) is 3.76. The number of aromatic nitrogens is 1. The smallest absolute Gasteiger partial charge is 0.255 e. The Morgan fingerprint density at radius 2 is 2.40 bits per heavy atom. The summed E-state index contributed by atoms with van der Waals surface area (Å²) >= 11 is 3.36. The van der Waals surface area contributed by atoms with Gasteiger partial charge in [0.2, 0.25) is 0 Å². The van der Waals surface area contributed by atoms with Crippen molar-refractivity contribution >= 4 is 21.8 Å². The summed E-state index contributed by atoms with van der Waals surface area (Å²) in [6.45, 7) is 0. The minimum atomic E-state index is -0.244. The number of hydrogen-bond acceptors (Lipinski definition) is 3. The van der Waals surface area contributed by atoms with Crippen molar-refractivity contribution in [2.45, 2.75) is 18.4 Å². The number of amides is 1. The molecule has 1 heterocycles. The van der Waals surface area contributed by atoms with Gasteiger partial charge in [-0.05, 0) is 18.9 Å². The third-order valence-electron chi connectivity index (χ3n) is 2.53. The van der Waals surface area contributed by atoms with Crippen molar-refractivity contribution in [2.24, 2.45) is 0 Å². The lowest BCUT2D eigenvalue weighted by Gasteiger charge is -2.14. The van der Waals surface area contributed by atoms with E-state index in [9.17, 15) is 9.90 Å². The number of nitrogens with zero attached hydrogens (tertiary/aromatic N) is 1. The quantitative estimate of drug-likeness (QED) is 0.818. The van der Waals surface area contributed by atoms with Crippen LogP contribution in [0.3, 0.4) is 0 Å². The summed E-state index contributed by atoms with van der Waals surface area (Å²) in [6, 6.07) is 1.51. The van der Waals surface area contributed by atoms with Gasteiger partial charge in [-0.3, -0.25) is 9.78 Å². The van der Waals surface area contributed by atoms with Crippen LogP contribution < -0.4 is 5.32 Å². The molecule has 1 saturated carbocycles. The van der Waals surface area contributed by atoms with Crippen molar-refractivity contribution in [2.75, 3.05) is 5.33 Å². The Bertz CT molecular complexity index is 391. The summed E-state index contributed by atoms with van der Waals surface area (Å²) in [6.07, 6.45) is 4.72. The third kappa shape index (κ3) is 2.12. The van der Waals surface area contributed by atoms with Crippen LogP contribution in [0.2, 0.25) is 0 Å². The Labute approximate surface area is 95.8 Å². The van der Waals surface area contributed by atoms with Gasteiger partial charge in [-0.25, -0.2) is 0 Å². The number of hydrogen-bond donors (Lipinski definition) is 2. The van der Waals surface area contributed by atoms with Crippen LogP contribution >= 0.6 is 15.9 Å². The van der Waals surface area contributed by atoms with Gasteiger partial charge in [0.15, 0.2) is 0 Å². The number of alkyl halides is 1. The summed E-state index contributed by atoms with van der Waals surface area (Å²) in [4.78, 5) is 15.5. The molecule has 0 spiro atoms. The Balaban J connectivity index is 2.12. The first-order valence-electron chi connectivity index (χ1n) is 4.68. The number of pyridine rings is 1. The molecule has 0 unspecified atom stereocenters. The molecular formula is C10H11BrN2O2. The van der Waals surface area contributed by atoms with Crippen molar-refractivity contribution < 1.29 is 9.90 Å². The zero-order valence-electron chi connectivity index (χ0n) is 8.03. The molecule has 1 amide bonds. The van der Waals surface area contributed by atoms with Crippen LogP contribution in [0, 0.1) is 0 Å². The highest BCUT2D eigenvalue weighted by Gasteiger charge is 2.43. The second-order valence-corrected chi connectivity index (χ2v) is 4.32. The van der Waals surface area contributed by atoms with Crippen molar-refractivity contribution in [1.82, 2.24) is 10.3 Å². The van der Waals surface area contributed by atoms with E-state index in [1.165, 1.54) is 18.5 Å². The van der Waals surface area contributed by atoms with E-state index in [2.05, 4.69) is 26.2 Å². The largest absolute Gasteiger partial charge is 0.505 e. The van der Waals surface area contributed by atoms with Gasteiger partial charge in [-0.15, -0.1) is 0 Å². The number of carbonyl (C=O) groups excluding carboxylic acids is 1. The topological polar surface area (TPSA) is 62.2 Å². The summed E-state index contributed by atoms with van der Waals surface area (Å²) in [5.74, 6) is -0.327. The maximum atomic E-state index is 11.8. The molecule has 0 aliphatic heterocycles. The van der Waals surface area contributed by atoms with Gasteiger partial charge in [0.05, 0.1) is 17.3 Å². The van der Waals surface area contributed by atoms with Crippen molar-refractivity contribution in [3.63, 3.8) is 0 Å². The predicted molar refractivity (Wildman–Crippen MR) is 59.1 cm³/mol. The lowest BCUT2D eigenvalue weighted by atomic mass is 10.2. The number of rotatable bonds is 3. The minimum Gasteiger partial charge on any atom is -0.505 e. The first kappa shape index (κ1) is 10.4. The fourth-order valence-corrected chi connectivity index (χ4v) is 2.03. The van der Waals surface area contributed by atoms with Gasteiger partial charge in [0, 0.05) is 11.5 Å². The minimum absolute atomic E-state index is 0.0830. The van der Waals surface area contributed by atoms with E-state index in [1.54, 1.807) is 0 Å². The van der Waals surface area contributed by atoms with E-state index < -0.39 is 0 Å². The number of carbonyl (C=O) groups is 1. The molecule has 0 atom stereocenters. The fourth-order valence-electron chi connectivity index (χ4n) is 1.33. The summed E-state index contributed by atoms with van der Waals surface area (Å²) in [5, 5.41) is 13.1. The fraction of sp³-hybridized carbons (Fsp3) is 0.400. The van der Waals surface area contributed by atoms with Crippen LogP contribution in [0.15, 0.2) is 18.5 Å². The average molecular weight is 271 g/mol. The normalized spacial score (nSPS) is 17.1. The standard InChI is InChI=1S/C10H11BrN2O2/c11-6-10(2-3-10)13-9(15)7-1-4-12-5-8(7)14/h1,4-5,14H,2-3,6H2,(H,13,15). The second kappa shape index (κ2) is 3.81. The van der Waals surface area contributed by atoms with Crippen molar-refractivity contribution in [3.8, 4) is 5.75 Å². The Morgan fingerprint density at radius 1 is 1.67 bits per heavy atom. The number of aromatic hydroxyl groups is 1. The molecule has 1 aromatic rings. The van der Waals surface area contributed by atoms with Crippen LogP contribution in [0.25, 0.3) is 0 Å². The van der Waals surface area contributed by atoms with Crippen LogP contribution in [0.5, 0.6) is 5.75 Å². The lowest BCUT2D eigenvalue weighted by molar-refractivity contribution is 0.0933. The molecule has 1 fully saturated rings. The van der Waals surface area contributed by atoms with E-state index in [0.29, 0.717) is 0 Å². The predicted octanol–water partition coefficient (Wildman–Crippen LogP) is 1.44. The Morgan fingerprint density at radius 3 is 2.93 bits per heavy atom. The van der Waals surface area contributed by atoms with Gasteiger partial charge < -0.3 is 10.4 Å². The molecule has 0 bridgehead atoms. The van der Waals surface area contributed by atoms with Gasteiger partial charge >= 0.3 is 0 Å². The van der Waals surface area contributed by atoms with Gasteiger partial charge in [0.1, 0.15) is 5.75 Å². The Hall–Kier alpha value is -1.10. The van der Waals surface area contributed by atoms with Gasteiger partial charge in [0.25, 0.3) is 5.91 Å².